The average molecular weight is 546 g/mol. The topological polar surface area (TPSA) is 64.0 Å². The number of nitrogens with zero attached hydrogens (tertiary/aromatic N) is 2. The highest BCUT2D eigenvalue weighted by molar-refractivity contribution is 7.99. The van der Waals surface area contributed by atoms with Gasteiger partial charge < -0.3 is 5.32 Å². The van der Waals surface area contributed by atoms with Crippen molar-refractivity contribution in [3.05, 3.63) is 79.9 Å². The van der Waals surface area contributed by atoms with E-state index in [1.54, 1.807) is 0 Å². The first-order valence-electron chi connectivity index (χ1n) is 11.7. The number of aromatic nitrogens is 2. The minimum atomic E-state index is -4.51. The monoisotopic (exact) mass is 545 g/mol. The molecule has 2 aromatic heterocycles. The van der Waals surface area contributed by atoms with Gasteiger partial charge in [-0.3, -0.25) is 14.2 Å². The Balaban J connectivity index is 1.70. The van der Waals surface area contributed by atoms with Gasteiger partial charge in [0.2, 0.25) is 5.91 Å². The summed E-state index contributed by atoms with van der Waals surface area (Å²) in [7, 11) is 0. The molecule has 0 aliphatic heterocycles. The Labute approximate surface area is 220 Å². The van der Waals surface area contributed by atoms with Crippen LogP contribution in [0.4, 0.5) is 18.9 Å². The van der Waals surface area contributed by atoms with Crippen LogP contribution in [0.2, 0.25) is 0 Å². The Bertz CT molecular complexity index is 1540. The summed E-state index contributed by atoms with van der Waals surface area (Å²) in [5, 5.41) is 3.43. The number of nitrogens with one attached hydrogen (secondary N) is 1. The number of hydrogen-bond acceptors (Lipinski definition) is 5. The smallest absolute Gasteiger partial charge is 0.325 e. The lowest BCUT2D eigenvalue weighted by Crippen LogP contribution is -2.23. The van der Waals surface area contributed by atoms with E-state index >= 15 is 0 Å². The van der Waals surface area contributed by atoms with Crippen molar-refractivity contribution >= 4 is 44.9 Å². The molecule has 0 bridgehead atoms. The summed E-state index contributed by atoms with van der Waals surface area (Å²) in [6.07, 6.45) is -2.72. The third-order valence-electron chi connectivity index (χ3n) is 6.06. The molecule has 0 fully saturated rings. The number of carbonyl (C=O) groups is 1. The minimum absolute atomic E-state index is 0.0495. The highest BCUT2D eigenvalue weighted by Gasteiger charge is 2.30. The molecule has 37 heavy (non-hydrogen) atoms. The van der Waals surface area contributed by atoms with Gasteiger partial charge in [-0.25, -0.2) is 4.98 Å². The molecule has 4 aromatic rings. The average Bonchev–Trinajstić information content (AvgIpc) is 3.15. The molecule has 0 aliphatic carbocycles. The van der Waals surface area contributed by atoms with Gasteiger partial charge in [-0.2, -0.15) is 13.2 Å². The lowest BCUT2D eigenvalue weighted by molar-refractivity contribution is -0.137. The zero-order valence-electron chi connectivity index (χ0n) is 20.8. The normalized spacial score (nSPS) is 11.8. The lowest BCUT2D eigenvalue weighted by atomic mass is 10.1. The fourth-order valence-electron chi connectivity index (χ4n) is 3.97. The van der Waals surface area contributed by atoms with Crippen LogP contribution in [0.5, 0.6) is 0 Å². The second-order valence-corrected chi connectivity index (χ2v) is 10.8. The van der Waals surface area contributed by atoms with E-state index in [0.29, 0.717) is 21.1 Å². The van der Waals surface area contributed by atoms with Crippen LogP contribution >= 0.6 is 23.1 Å². The van der Waals surface area contributed by atoms with E-state index in [1.807, 2.05) is 39.0 Å². The number of benzene rings is 2. The molecule has 4 rings (SSSR count). The largest absolute Gasteiger partial charge is 0.416 e. The molecule has 0 aliphatic rings. The number of fused-ring (bicyclic) bond motifs is 1. The molecule has 0 spiro atoms. The van der Waals surface area contributed by atoms with E-state index in [4.69, 9.17) is 4.98 Å². The number of aryl methyl sites for hydroxylation is 4. The quantitative estimate of drug-likeness (QED) is 0.199. The SMILES string of the molecule is CCCc1sc2nc(SCC(=O)Nc3cccc(C(F)(F)F)c3)n(-c3ccc(C)c(C)c3)c(=O)c2c1C. The number of amides is 1. The van der Waals surface area contributed by atoms with Crippen LogP contribution < -0.4 is 10.9 Å². The van der Waals surface area contributed by atoms with E-state index in [0.717, 1.165) is 58.3 Å². The van der Waals surface area contributed by atoms with Crippen molar-refractivity contribution in [1.82, 2.24) is 9.55 Å². The molecule has 0 unspecified atom stereocenters. The van der Waals surface area contributed by atoms with Crippen LogP contribution in [-0.2, 0) is 17.4 Å². The van der Waals surface area contributed by atoms with E-state index in [2.05, 4.69) is 12.2 Å². The van der Waals surface area contributed by atoms with Crippen molar-refractivity contribution in [2.45, 2.75) is 51.9 Å². The summed E-state index contributed by atoms with van der Waals surface area (Å²) < 4.78 is 40.6. The fourth-order valence-corrected chi connectivity index (χ4v) is 6.10. The maximum Gasteiger partial charge on any atom is 0.416 e. The lowest BCUT2D eigenvalue weighted by Gasteiger charge is -2.14. The predicted molar refractivity (Wildman–Crippen MR) is 144 cm³/mol. The number of halogens is 3. The van der Waals surface area contributed by atoms with Crippen LogP contribution in [0.3, 0.4) is 0 Å². The highest BCUT2D eigenvalue weighted by atomic mass is 32.2. The number of carbonyl (C=O) groups excluding carboxylic acids is 1. The van der Waals surface area contributed by atoms with Gasteiger partial charge in [0.25, 0.3) is 5.56 Å². The van der Waals surface area contributed by atoms with Gasteiger partial charge in [-0.05, 0) is 74.2 Å². The molecule has 1 amide bonds. The number of thioether (sulfide) groups is 1. The molecule has 0 saturated heterocycles. The van der Waals surface area contributed by atoms with Gasteiger partial charge in [0.15, 0.2) is 5.16 Å². The summed E-state index contributed by atoms with van der Waals surface area (Å²) in [5.74, 6) is -0.634. The fraction of sp³-hybridized carbons (Fsp3) is 0.296. The number of rotatable bonds is 7. The minimum Gasteiger partial charge on any atom is -0.325 e. The second kappa shape index (κ2) is 10.7. The molecule has 0 saturated carbocycles. The maximum atomic E-state index is 13.8. The summed E-state index contributed by atoms with van der Waals surface area (Å²) in [6.45, 7) is 7.96. The number of alkyl halides is 3. The first-order chi connectivity index (χ1) is 17.5. The summed E-state index contributed by atoms with van der Waals surface area (Å²) in [5.41, 5.74) is 2.67. The summed E-state index contributed by atoms with van der Waals surface area (Å²) >= 11 is 2.55. The van der Waals surface area contributed by atoms with Gasteiger partial charge in [0.05, 0.1) is 22.4 Å². The highest BCUT2D eigenvalue weighted by Crippen LogP contribution is 2.32. The van der Waals surface area contributed by atoms with Gasteiger partial charge in [0, 0.05) is 10.6 Å². The van der Waals surface area contributed by atoms with Crippen LogP contribution in [0.25, 0.3) is 15.9 Å². The molecule has 5 nitrogen and oxygen atoms in total. The van der Waals surface area contributed by atoms with Gasteiger partial charge >= 0.3 is 6.18 Å². The van der Waals surface area contributed by atoms with Crippen molar-refractivity contribution in [2.75, 3.05) is 11.1 Å². The van der Waals surface area contributed by atoms with Crippen molar-refractivity contribution in [3.63, 3.8) is 0 Å². The van der Waals surface area contributed by atoms with Crippen LogP contribution in [0, 0.1) is 20.8 Å². The first-order valence-corrected chi connectivity index (χ1v) is 13.5. The van der Waals surface area contributed by atoms with Crippen LogP contribution in [0.1, 0.15) is 40.5 Å². The van der Waals surface area contributed by atoms with E-state index in [-0.39, 0.29) is 17.0 Å². The number of thiophene rings is 1. The Hall–Kier alpha value is -3.11. The summed E-state index contributed by atoms with van der Waals surface area (Å²) in [4.78, 5) is 32.9. The first kappa shape index (κ1) is 26.9. The van der Waals surface area contributed by atoms with E-state index in [9.17, 15) is 22.8 Å². The zero-order valence-corrected chi connectivity index (χ0v) is 22.5. The molecule has 0 radical (unpaired) electrons. The number of hydrogen-bond donors (Lipinski definition) is 1. The molecule has 1 N–H and O–H groups in total. The second-order valence-electron chi connectivity index (χ2n) is 8.80. The Morgan fingerprint density at radius 2 is 1.86 bits per heavy atom. The molecule has 2 aromatic carbocycles. The molecular formula is C27H26F3N3O2S2. The van der Waals surface area contributed by atoms with Crippen molar-refractivity contribution < 1.29 is 18.0 Å². The van der Waals surface area contributed by atoms with Crippen molar-refractivity contribution in [1.29, 1.82) is 0 Å². The molecule has 194 valence electrons. The van der Waals surface area contributed by atoms with Gasteiger partial charge in [-0.15, -0.1) is 11.3 Å². The van der Waals surface area contributed by atoms with Gasteiger partial charge in [-0.1, -0.05) is 37.2 Å². The van der Waals surface area contributed by atoms with E-state index in [1.165, 1.54) is 28.0 Å². The number of anilines is 1. The Kier molecular flexibility index (Phi) is 7.80. The summed E-state index contributed by atoms with van der Waals surface area (Å²) in [6, 6.07) is 10.2. The Morgan fingerprint density at radius 1 is 1.11 bits per heavy atom. The van der Waals surface area contributed by atoms with Gasteiger partial charge in [0.1, 0.15) is 4.83 Å². The van der Waals surface area contributed by atoms with E-state index < -0.39 is 17.6 Å². The zero-order chi connectivity index (χ0) is 26.9. The third-order valence-corrected chi connectivity index (χ3v) is 8.25. The van der Waals surface area contributed by atoms with Crippen molar-refractivity contribution in [2.24, 2.45) is 0 Å². The maximum absolute atomic E-state index is 13.8. The molecule has 0 atom stereocenters. The molecular weight excluding hydrogens is 519 g/mol. The van der Waals surface area contributed by atoms with Crippen LogP contribution in [0.15, 0.2) is 52.4 Å². The molecule has 10 heteroatoms. The predicted octanol–water partition coefficient (Wildman–Crippen LogP) is 7.07. The third kappa shape index (κ3) is 5.75. The van der Waals surface area contributed by atoms with Crippen molar-refractivity contribution in [3.8, 4) is 5.69 Å². The standard InChI is InChI=1S/C27H26F3N3O2S2/c1-5-7-21-17(4)23-24(37-21)32-26(33(25(23)35)20-11-10-15(2)16(3)12-20)36-14-22(34)31-19-9-6-8-18(13-19)27(28,29)30/h6,8-13H,5,7,14H2,1-4H3,(H,31,34). The Morgan fingerprint density at radius 3 is 2.54 bits per heavy atom. The van der Waals surface area contributed by atoms with Crippen LogP contribution in [-0.4, -0.2) is 21.2 Å². The molecule has 2 heterocycles.